The fourth-order valence-corrected chi connectivity index (χ4v) is 3.60. The summed E-state index contributed by atoms with van der Waals surface area (Å²) < 4.78 is 12.8. The van der Waals surface area contributed by atoms with Crippen LogP contribution in [0.2, 0.25) is 0 Å². The first-order chi connectivity index (χ1) is 13.1. The lowest BCUT2D eigenvalue weighted by molar-refractivity contribution is 0.371. The lowest BCUT2D eigenvalue weighted by Gasteiger charge is -2.32. The number of tetrazole rings is 1. The van der Waals surface area contributed by atoms with Gasteiger partial charge in [0, 0.05) is 5.56 Å². The smallest absolute Gasteiger partial charge is 0.243 e. The second-order valence-corrected chi connectivity index (χ2v) is 6.85. The highest BCUT2D eigenvalue weighted by Crippen LogP contribution is 2.41. The molecule has 140 valence electrons. The van der Waals surface area contributed by atoms with Crippen LogP contribution >= 0.6 is 0 Å². The molecule has 0 saturated carbocycles. The largest absolute Gasteiger partial charge is 0.497 e. The van der Waals surface area contributed by atoms with Gasteiger partial charge in [0.15, 0.2) is 0 Å². The van der Waals surface area contributed by atoms with E-state index in [4.69, 9.17) is 9.47 Å². The Kier molecular flexibility index (Phi) is 4.43. The van der Waals surface area contributed by atoms with Crippen LogP contribution in [-0.4, -0.2) is 34.4 Å². The quantitative estimate of drug-likeness (QED) is 0.763. The topological polar surface area (TPSA) is 74.1 Å². The summed E-state index contributed by atoms with van der Waals surface area (Å²) in [6, 6.07) is 12.4. The molecule has 1 N–H and O–H groups in total. The molecule has 0 fully saturated rings. The van der Waals surface area contributed by atoms with Crippen molar-refractivity contribution in [3.8, 4) is 11.5 Å². The zero-order chi connectivity index (χ0) is 19.0. The normalized spacial score (nSPS) is 18.5. The lowest BCUT2D eigenvalue weighted by atomic mass is 9.91. The van der Waals surface area contributed by atoms with Crippen molar-refractivity contribution in [1.82, 2.24) is 20.2 Å². The molecule has 1 aromatic heterocycles. The van der Waals surface area contributed by atoms with Gasteiger partial charge in [0.25, 0.3) is 0 Å². The van der Waals surface area contributed by atoms with Crippen LogP contribution in [0.3, 0.4) is 0 Å². The molecule has 2 atom stereocenters. The molecule has 0 bridgehead atoms. The number of ether oxygens (including phenoxy) is 2. The third-order valence-corrected chi connectivity index (χ3v) is 5.28. The molecule has 0 aliphatic carbocycles. The van der Waals surface area contributed by atoms with Gasteiger partial charge in [0.1, 0.15) is 11.5 Å². The Morgan fingerprint density at radius 1 is 1.04 bits per heavy atom. The molecule has 4 rings (SSSR count). The van der Waals surface area contributed by atoms with Gasteiger partial charge in [0.2, 0.25) is 5.95 Å². The van der Waals surface area contributed by atoms with E-state index >= 15 is 0 Å². The first-order valence-electron chi connectivity index (χ1n) is 8.94. The maximum Gasteiger partial charge on any atom is 0.243 e. The van der Waals surface area contributed by atoms with Gasteiger partial charge in [-0.15, -0.1) is 0 Å². The number of aromatic nitrogens is 4. The van der Waals surface area contributed by atoms with E-state index in [-0.39, 0.29) is 12.1 Å². The Hall–Kier alpha value is -3.09. The van der Waals surface area contributed by atoms with E-state index in [9.17, 15) is 0 Å². The molecular weight excluding hydrogens is 342 g/mol. The summed E-state index contributed by atoms with van der Waals surface area (Å²) in [7, 11) is 3.34. The Bertz CT molecular complexity index is 969. The number of methoxy groups -OCH3 is 2. The zero-order valence-electron chi connectivity index (χ0n) is 15.9. The molecule has 0 spiro atoms. The molecule has 2 aromatic carbocycles. The number of hydrogen-bond donors (Lipinski definition) is 1. The van der Waals surface area contributed by atoms with Crippen molar-refractivity contribution < 1.29 is 9.47 Å². The maximum absolute atomic E-state index is 5.61. The van der Waals surface area contributed by atoms with E-state index in [2.05, 4.69) is 52.9 Å². The van der Waals surface area contributed by atoms with Crippen molar-refractivity contribution >= 4 is 5.95 Å². The average molecular weight is 365 g/mol. The fourth-order valence-electron chi connectivity index (χ4n) is 3.60. The molecule has 27 heavy (non-hydrogen) atoms. The second-order valence-electron chi connectivity index (χ2n) is 6.85. The van der Waals surface area contributed by atoms with Crippen LogP contribution in [0.4, 0.5) is 5.95 Å². The molecule has 1 aliphatic rings. The fraction of sp³-hybridized carbons (Fsp3) is 0.350. The van der Waals surface area contributed by atoms with Crippen LogP contribution < -0.4 is 14.8 Å². The van der Waals surface area contributed by atoms with E-state index in [0.29, 0.717) is 5.95 Å². The SMILES string of the molecule is COc1ccc(OC)c(C2CC(c3ccc(C)c(C)c3)Nc3nnnn32)c1. The highest BCUT2D eigenvalue weighted by atomic mass is 16.5. The minimum atomic E-state index is -0.0621. The predicted molar refractivity (Wildman–Crippen MR) is 102 cm³/mol. The average Bonchev–Trinajstić information content (AvgIpc) is 3.17. The minimum absolute atomic E-state index is 0.0621. The highest BCUT2D eigenvalue weighted by Gasteiger charge is 2.32. The summed E-state index contributed by atoms with van der Waals surface area (Å²) >= 11 is 0. The molecule has 0 saturated heterocycles. The molecule has 7 heteroatoms. The first-order valence-corrected chi connectivity index (χ1v) is 8.94. The number of aryl methyl sites for hydroxylation is 2. The van der Waals surface area contributed by atoms with Gasteiger partial charge >= 0.3 is 0 Å². The van der Waals surface area contributed by atoms with Gasteiger partial charge in [0.05, 0.1) is 26.3 Å². The lowest BCUT2D eigenvalue weighted by Crippen LogP contribution is -2.28. The number of nitrogens with one attached hydrogen (secondary N) is 1. The Morgan fingerprint density at radius 2 is 1.89 bits per heavy atom. The van der Waals surface area contributed by atoms with Gasteiger partial charge in [-0.2, -0.15) is 0 Å². The summed E-state index contributed by atoms with van der Waals surface area (Å²) in [5, 5.41) is 15.7. The van der Waals surface area contributed by atoms with E-state index in [1.807, 2.05) is 22.9 Å². The van der Waals surface area contributed by atoms with Crippen LogP contribution in [0.15, 0.2) is 36.4 Å². The van der Waals surface area contributed by atoms with E-state index < -0.39 is 0 Å². The molecular formula is C20H23N5O2. The predicted octanol–water partition coefficient (Wildman–Crippen LogP) is 3.45. The third-order valence-electron chi connectivity index (χ3n) is 5.28. The van der Waals surface area contributed by atoms with Crippen LogP contribution in [0, 0.1) is 13.8 Å². The van der Waals surface area contributed by atoms with Crippen molar-refractivity contribution in [2.45, 2.75) is 32.4 Å². The van der Waals surface area contributed by atoms with Gasteiger partial charge < -0.3 is 14.8 Å². The summed E-state index contributed by atoms with van der Waals surface area (Å²) in [6.07, 6.45) is 0.796. The van der Waals surface area contributed by atoms with Crippen LogP contribution in [0.5, 0.6) is 11.5 Å². The van der Waals surface area contributed by atoms with Crippen molar-refractivity contribution in [2.75, 3.05) is 19.5 Å². The minimum Gasteiger partial charge on any atom is -0.497 e. The summed E-state index contributed by atoms with van der Waals surface area (Å²) in [5.74, 6) is 2.23. The monoisotopic (exact) mass is 365 g/mol. The zero-order valence-corrected chi connectivity index (χ0v) is 15.9. The van der Waals surface area contributed by atoms with E-state index in [1.165, 1.54) is 16.7 Å². The molecule has 1 aliphatic heterocycles. The molecule has 2 heterocycles. The second kappa shape index (κ2) is 6.90. The van der Waals surface area contributed by atoms with Crippen molar-refractivity contribution in [1.29, 1.82) is 0 Å². The van der Waals surface area contributed by atoms with Crippen molar-refractivity contribution in [3.63, 3.8) is 0 Å². The third kappa shape index (κ3) is 3.09. The maximum atomic E-state index is 5.61. The molecule has 7 nitrogen and oxygen atoms in total. The van der Waals surface area contributed by atoms with Crippen LogP contribution in [-0.2, 0) is 0 Å². The van der Waals surface area contributed by atoms with Crippen LogP contribution in [0.1, 0.15) is 40.8 Å². The Morgan fingerprint density at radius 3 is 2.63 bits per heavy atom. The van der Waals surface area contributed by atoms with Gasteiger partial charge in [-0.1, -0.05) is 23.3 Å². The van der Waals surface area contributed by atoms with E-state index in [1.54, 1.807) is 14.2 Å². The van der Waals surface area contributed by atoms with Gasteiger partial charge in [-0.05, 0) is 65.6 Å². The molecule has 0 radical (unpaired) electrons. The molecule has 2 unspecified atom stereocenters. The first kappa shape index (κ1) is 17.3. The summed E-state index contributed by atoms with van der Waals surface area (Å²) in [6.45, 7) is 4.26. The van der Waals surface area contributed by atoms with Gasteiger partial charge in [-0.3, -0.25) is 0 Å². The standard InChI is InChI=1S/C20H23N5O2/c1-12-5-6-14(9-13(12)2)17-11-18(25-20(21-17)22-23-24-25)16-10-15(26-3)7-8-19(16)27-4/h5-10,17-18H,11H2,1-4H3,(H,21,22,24). The Labute approximate surface area is 158 Å². The number of rotatable bonds is 4. The number of benzene rings is 2. The number of anilines is 1. The van der Waals surface area contributed by atoms with E-state index in [0.717, 1.165) is 23.5 Å². The molecule has 3 aromatic rings. The number of hydrogen-bond acceptors (Lipinski definition) is 6. The summed E-state index contributed by atoms with van der Waals surface area (Å²) in [4.78, 5) is 0. The van der Waals surface area contributed by atoms with Crippen molar-refractivity contribution in [3.05, 3.63) is 58.7 Å². The summed E-state index contributed by atoms with van der Waals surface area (Å²) in [5.41, 5.74) is 4.78. The van der Waals surface area contributed by atoms with Crippen LogP contribution in [0.25, 0.3) is 0 Å². The highest BCUT2D eigenvalue weighted by molar-refractivity contribution is 5.46. The van der Waals surface area contributed by atoms with Crippen molar-refractivity contribution in [2.24, 2.45) is 0 Å². The number of fused-ring (bicyclic) bond motifs is 1. The molecule has 0 amide bonds. The number of nitrogens with zero attached hydrogens (tertiary/aromatic N) is 4. The van der Waals surface area contributed by atoms with Gasteiger partial charge in [-0.25, -0.2) is 4.68 Å². The Balaban J connectivity index is 1.78.